The molecule has 0 unspecified atom stereocenters. The zero-order chi connectivity index (χ0) is 29.5. The first-order valence-corrected chi connectivity index (χ1v) is 14.8. The maximum Gasteiger partial charge on any atom is 0.442 e. The predicted molar refractivity (Wildman–Crippen MR) is 149 cm³/mol. The largest absolute Gasteiger partial charge is 0.443 e. The number of ether oxygens (including phenoxy) is 1. The van der Waals surface area contributed by atoms with Crippen LogP contribution in [0.15, 0.2) is 87.8 Å². The summed E-state index contributed by atoms with van der Waals surface area (Å²) in [6, 6.07) is 21.0. The molecule has 1 aliphatic rings. The Bertz CT molecular complexity index is 1630. The molecule has 11 nitrogen and oxygen atoms in total. The van der Waals surface area contributed by atoms with Gasteiger partial charge in [0.15, 0.2) is 0 Å². The normalized spacial score (nSPS) is 14.4. The van der Waals surface area contributed by atoms with Gasteiger partial charge in [0.25, 0.3) is 5.89 Å². The number of hydrogen-bond acceptors (Lipinski definition) is 8. The highest BCUT2D eigenvalue weighted by Crippen LogP contribution is 2.24. The van der Waals surface area contributed by atoms with E-state index in [0.29, 0.717) is 16.9 Å². The topological polar surface area (TPSA) is 131 Å². The summed E-state index contributed by atoms with van der Waals surface area (Å²) in [5.74, 6) is -0.817. The molecule has 1 saturated heterocycles. The maximum absolute atomic E-state index is 13.7. The van der Waals surface area contributed by atoms with Crippen molar-refractivity contribution in [1.29, 1.82) is 0 Å². The number of benzene rings is 2. The van der Waals surface area contributed by atoms with Crippen LogP contribution in [-0.2, 0) is 27.6 Å². The Hall–Kier alpha value is -4.72. The Morgan fingerprint density at radius 3 is 2.31 bits per heavy atom. The number of carbonyl (C=O) groups is 2. The van der Waals surface area contributed by atoms with E-state index in [-0.39, 0.29) is 49.7 Å². The first kappa shape index (κ1) is 28.8. The molecular weight excluding hydrogens is 570 g/mol. The fraction of sp³-hybridized carbons (Fsp3) is 0.250. The summed E-state index contributed by atoms with van der Waals surface area (Å²) in [6.45, 7) is 0.381. The number of hydrogen-bond donors (Lipinski definition) is 0. The van der Waals surface area contributed by atoms with Crippen molar-refractivity contribution in [3.05, 3.63) is 96.1 Å². The summed E-state index contributed by atoms with van der Waals surface area (Å²) >= 11 is 0. The Morgan fingerprint density at radius 2 is 1.69 bits per heavy atom. The molecule has 0 atom stereocenters. The van der Waals surface area contributed by atoms with Gasteiger partial charge >= 0.3 is 18.5 Å². The van der Waals surface area contributed by atoms with Crippen molar-refractivity contribution in [3.63, 3.8) is 0 Å². The van der Waals surface area contributed by atoms with E-state index in [9.17, 15) is 22.6 Å². The van der Waals surface area contributed by atoms with E-state index in [0.717, 1.165) is 5.56 Å². The molecule has 4 aromatic rings. The number of carbonyl (C=O) groups excluding carboxylic acids is 2. The Morgan fingerprint density at radius 1 is 1.00 bits per heavy atom. The van der Waals surface area contributed by atoms with Gasteiger partial charge in [-0.25, -0.2) is 13.8 Å². The van der Waals surface area contributed by atoms with Gasteiger partial charge in [-0.05, 0) is 29.8 Å². The minimum atomic E-state index is -2.89. The summed E-state index contributed by atoms with van der Waals surface area (Å²) in [6.07, 6.45) is -2.37. The third-order valence-electron chi connectivity index (χ3n) is 6.39. The zero-order valence-electron chi connectivity index (χ0n) is 22.2. The van der Waals surface area contributed by atoms with Crippen LogP contribution in [0.3, 0.4) is 0 Å². The van der Waals surface area contributed by atoms with Gasteiger partial charge in [-0.2, -0.15) is 8.78 Å². The molecule has 0 bridgehead atoms. The lowest BCUT2D eigenvalue weighted by Gasteiger charge is -2.33. The van der Waals surface area contributed by atoms with E-state index < -0.39 is 28.1 Å². The molecule has 0 N–H and O–H groups in total. The van der Waals surface area contributed by atoms with Gasteiger partial charge in [-0.15, -0.1) is 14.6 Å². The van der Waals surface area contributed by atoms with Crippen molar-refractivity contribution >= 4 is 27.5 Å². The molecule has 3 heterocycles. The van der Waals surface area contributed by atoms with Crippen LogP contribution in [0.4, 0.5) is 24.1 Å². The number of aromatic nitrogens is 3. The Labute approximate surface area is 240 Å². The number of alkyl halides is 2. The number of amides is 3. The Balaban J connectivity index is 1.25. The first-order chi connectivity index (χ1) is 20.3. The van der Waals surface area contributed by atoms with E-state index in [1.54, 1.807) is 53.4 Å². The number of para-hydroxylation sites is 1. The second-order valence-electron chi connectivity index (χ2n) is 9.29. The number of anilines is 1. The molecule has 0 saturated carbocycles. The smallest absolute Gasteiger partial charge is 0.442 e. The van der Waals surface area contributed by atoms with Crippen LogP contribution in [0.1, 0.15) is 23.6 Å². The quantitative estimate of drug-likeness (QED) is 0.280. The number of pyridine rings is 1. The van der Waals surface area contributed by atoms with Gasteiger partial charge in [0, 0.05) is 25.0 Å². The minimum absolute atomic E-state index is 0.0238. The fourth-order valence-electron chi connectivity index (χ4n) is 4.18. The van der Waals surface area contributed by atoms with E-state index in [4.69, 9.17) is 9.15 Å². The fourth-order valence-corrected chi connectivity index (χ4v) is 5.90. The molecule has 0 spiro atoms. The maximum atomic E-state index is 13.7. The van der Waals surface area contributed by atoms with Crippen molar-refractivity contribution < 1.29 is 31.7 Å². The molecule has 14 heteroatoms. The summed E-state index contributed by atoms with van der Waals surface area (Å²) in [7, 11) is -2.89. The third kappa shape index (κ3) is 7.13. The van der Waals surface area contributed by atoms with Gasteiger partial charge in [-0.1, -0.05) is 48.5 Å². The molecule has 1 aliphatic heterocycles. The lowest BCUT2D eigenvalue weighted by molar-refractivity contribution is 0.116. The SMILES string of the molecule is O=C(N=S1(=O)CCN(C(=O)N(Cc2ccc(-c3nnc(C(F)F)o3)cn2)c2ccccc2)CC1)OCc1ccccc1. The van der Waals surface area contributed by atoms with Gasteiger partial charge in [0.1, 0.15) is 6.61 Å². The highest BCUT2D eigenvalue weighted by atomic mass is 32.2. The average Bonchev–Trinajstić information content (AvgIpc) is 3.51. The number of halogens is 2. The molecule has 5 rings (SSSR count). The van der Waals surface area contributed by atoms with Crippen LogP contribution in [0.2, 0.25) is 0 Å². The van der Waals surface area contributed by atoms with Gasteiger partial charge < -0.3 is 14.1 Å². The Kier molecular flexibility index (Phi) is 8.81. The standard InChI is InChI=1S/C28H26F2N6O5S/c29-24(30)26-33-32-25(41-26)21-11-12-22(31-17-21)18-36(23-9-5-2-6-10-23)28(38)35-13-15-42(39,16-14-35)34-27(37)40-19-20-7-3-1-4-8-20/h1-12,17,24H,13-16,18-19H2. The van der Waals surface area contributed by atoms with Crippen LogP contribution in [-0.4, -0.2) is 61.0 Å². The molecule has 3 amide bonds. The third-order valence-corrected chi connectivity index (χ3v) is 8.52. The average molecular weight is 597 g/mol. The molecule has 0 radical (unpaired) electrons. The van der Waals surface area contributed by atoms with Crippen molar-refractivity contribution in [2.45, 2.75) is 19.6 Å². The van der Waals surface area contributed by atoms with Crippen molar-refractivity contribution in [3.8, 4) is 11.5 Å². The van der Waals surface area contributed by atoms with E-state index in [1.807, 2.05) is 24.3 Å². The second-order valence-corrected chi connectivity index (χ2v) is 11.8. The highest BCUT2D eigenvalue weighted by molar-refractivity contribution is 7.94. The van der Waals surface area contributed by atoms with Crippen LogP contribution in [0.5, 0.6) is 0 Å². The molecule has 0 aliphatic carbocycles. The van der Waals surface area contributed by atoms with Crippen LogP contribution in [0, 0.1) is 0 Å². The van der Waals surface area contributed by atoms with E-state index >= 15 is 0 Å². The molecule has 218 valence electrons. The molecule has 2 aromatic heterocycles. The molecular formula is C28H26F2N6O5S. The van der Waals surface area contributed by atoms with E-state index in [1.165, 1.54) is 11.1 Å². The van der Waals surface area contributed by atoms with Crippen molar-refractivity contribution in [2.75, 3.05) is 29.5 Å². The number of urea groups is 1. The number of nitrogens with zero attached hydrogens (tertiary/aromatic N) is 6. The van der Waals surface area contributed by atoms with Crippen molar-refractivity contribution in [2.24, 2.45) is 4.36 Å². The number of rotatable bonds is 7. The van der Waals surface area contributed by atoms with E-state index in [2.05, 4.69) is 19.5 Å². The monoisotopic (exact) mass is 596 g/mol. The lowest BCUT2D eigenvalue weighted by Crippen LogP contribution is -2.50. The summed E-state index contributed by atoms with van der Waals surface area (Å²) < 4.78 is 52.8. The van der Waals surface area contributed by atoms with Crippen LogP contribution < -0.4 is 4.90 Å². The molecule has 2 aromatic carbocycles. The van der Waals surface area contributed by atoms with Gasteiger partial charge in [0.05, 0.1) is 39.0 Å². The summed E-state index contributed by atoms with van der Waals surface area (Å²) in [5, 5.41) is 6.94. The van der Waals surface area contributed by atoms with Gasteiger partial charge in [-0.3, -0.25) is 9.88 Å². The van der Waals surface area contributed by atoms with Gasteiger partial charge in [0.2, 0.25) is 5.89 Å². The van der Waals surface area contributed by atoms with Crippen LogP contribution in [0.25, 0.3) is 11.5 Å². The first-order valence-electron chi connectivity index (χ1n) is 12.9. The zero-order valence-corrected chi connectivity index (χ0v) is 23.0. The second kappa shape index (κ2) is 12.9. The molecule has 1 fully saturated rings. The minimum Gasteiger partial charge on any atom is -0.443 e. The lowest BCUT2D eigenvalue weighted by atomic mass is 10.2. The predicted octanol–water partition coefficient (Wildman–Crippen LogP) is 5.32. The summed E-state index contributed by atoms with van der Waals surface area (Å²) in [5.41, 5.74) is 2.28. The van der Waals surface area contributed by atoms with Crippen molar-refractivity contribution in [1.82, 2.24) is 20.1 Å². The highest BCUT2D eigenvalue weighted by Gasteiger charge is 2.29. The molecule has 42 heavy (non-hydrogen) atoms. The summed E-state index contributed by atoms with van der Waals surface area (Å²) in [4.78, 5) is 33.3. The van der Waals surface area contributed by atoms with Crippen LogP contribution >= 0.6 is 0 Å².